The second-order valence-corrected chi connectivity index (χ2v) is 7.93. The number of hydrogen-bond acceptors (Lipinski definition) is 4. The summed E-state index contributed by atoms with van der Waals surface area (Å²) in [5.41, 5.74) is 2.16. The fourth-order valence-electron chi connectivity index (χ4n) is 3.05. The van der Waals surface area contributed by atoms with Gasteiger partial charge in [0.25, 0.3) is 11.1 Å². The van der Waals surface area contributed by atoms with Crippen LogP contribution in [0.5, 0.6) is 5.19 Å². The lowest BCUT2D eigenvalue weighted by atomic mass is 9.84. The van der Waals surface area contributed by atoms with Crippen LogP contribution in [0.2, 0.25) is 0 Å². The molecule has 0 fully saturated rings. The van der Waals surface area contributed by atoms with Crippen molar-refractivity contribution in [3.8, 4) is 5.19 Å². The minimum atomic E-state index is -0.00657. The Hall–Kier alpha value is -1.88. The van der Waals surface area contributed by atoms with Crippen molar-refractivity contribution < 1.29 is 9.53 Å². The molecule has 1 heterocycles. The number of likely N-dealkylation sites (N-methyl/N-ethyl adjacent to an activating group) is 1. The molecule has 1 aliphatic rings. The second-order valence-electron chi connectivity index (χ2n) is 6.94. The summed E-state index contributed by atoms with van der Waals surface area (Å²) in [5, 5.41) is 0.551. The van der Waals surface area contributed by atoms with Crippen LogP contribution in [-0.4, -0.2) is 28.9 Å². The van der Waals surface area contributed by atoms with Crippen molar-refractivity contribution in [1.82, 2.24) is 9.88 Å². The van der Waals surface area contributed by atoms with Crippen LogP contribution in [0, 0.1) is 11.3 Å². The standard InChI is InChI=1S/C19H24N2O2S/c1-5-21(14-10-13(2)19(3,4)11-14)17(22)12-23-18-20-15-8-6-7-9-16(15)24-18/h6-9,11,13H,5,10,12H2,1-4H3. The number of nitrogens with zero attached hydrogens (tertiary/aromatic N) is 2. The smallest absolute Gasteiger partial charge is 0.274 e. The number of carbonyl (C=O) groups excluding carboxylic acids is 1. The number of para-hydroxylation sites is 1. The monoisotopic (exact) mass is 344 g/mol. The van der Waals surface area contributed by atoms with Gasteiger partial charge in [0.15, 0.2) is 6.61 Å². The summed E-state index contributed by atoms with van der Waals surface area (Å²) in [6, 6.07) is 7.88. The van der Waals surface area contributed by atoms with Crippen molar-refractivity contribution in [2.45, 2.75) is 34.1 Å². The van der Waals surface area contributed by atoms with Gasteiger partial charge >= 0.3 is 0 Å². The zero-order valence-corrected chi connectivity index (χ0v) is 15.5. The Labute approximate surface area is 147 Å². The SMILES string of the molecule is CCN(C(=O)COc1nc2ccccc2s1)C1=CC(C)(C)C(C)C1. The van der Waals surface area contributed by atoms with Crippen molar-refractivity contribution in [2.75, 3.05) is 13.2 Å². The lowest BCUT2D eigenvalue weighted by Crippen LogP contribution is -2.33. The van der Waals surface area contributed by atoms with E-state index < -0.39 is 0 Å². The Balaban J connectivity index is 1.67. The molecule has 128 valence electrons. The predicted molar refractivity (Wildman–Crippen MR) is 98.1 cm³/mol. The molecule has 0 saturated carbocycles. The van der Waals surface area contributed by atoms with E-state index in [0.717, 1.165) is 22.3 Å². The summed E-state index contributed by atoms with van der Waals surface area (Å²) in [5.74, 6) is 0.535. The number of amides is 1. The topological polar surface area (TPSA) is 42.4 Å². The van der Waals surface area contributed by atoms with E-state index in [9.17, 15) is 4.79 Å². The Morgan fingerprint density at radius 3 is 2.79 bits per heavy atom. The highest BCUT2D eigenvalue weighted by Crippen LogP contribution is 2.41. The Bertz CT molecular complexity index is 746. The molecule has 1 aliphatic carbocycles. The molecular formula is C19H24N2O2S. The van der Waals surface area contributed by atoms with Gasteiger partial charge in [-0.05, 0) is 36.8 Å². The number of rotatable bonds is 5. The van der Waals surface area contributed by atoms with E-state index in [0.29, 0.717) is 17.7 Å². The molecule has 1 amide bonds. The summed E-state index contributed by atoms with van der Waals surface area (Å²) >= 11 is 1.47. The minimum Gasteiger partial charge on any atom is -0.460 e. The number of fused-ring (bicyclic) bond motifs is 1. The van der Waals surface area contributed by atoms with Crippen LogP contribution in [0.1, 0.15) is 34.1 Å². The van der Waals surface area contributed by atoms with Gasteiger partial charge in [0.05, 0.1) is 10.2 Å². The molecule has 0 aliphatic heterocycles. The summed E-state index contributed by atoms with van der Waals surface area (Å²) < 4.78 is 6.73. The van der Waals surface area contributed by atoms with Crippen LogP contribution in [0.4, 0.5) is 0 Å². The number of thiazole rings is 1. The van der Waals surface area contributed by atoms with E-state index in [1.54, 1.807) is 0 Å². The number of ether oxygens (including phenoxy) is 1. The summed E-state index contributed by atoms with van der Waals surface area (Å²) in [7, 11) is 0. The van der Waals surface area contributed by atoms with Crippen molar-refractivity contribution in [2.24, 2.45) is 11.3 Å². The van der Waals surface area contributed by atoms with Crippen molar-refractivity contribution in [3.63, 3.8) is 0 Å². The largest absolute Gasteiger partial charge is 0.460 e. The molecule has 1 aromatic carbocycles. The van der Waals surface area contributed by atoms with E-state index in [1.165, 1.54) is 11.3 Å². The fourth-order valence-corrected chi connectivity index (χ4v) is 3.86. The van der Waals surface area contributed by atoms with Crippen LogP contribution in [0.3, 0.4) is 0 Å². The molecule has 1 aromatic heterocycles. The fraction of sp³-hybridized carbons (Fsp3) is 0.474. The molecule has 0 radical (unpaired) electrons. The normalized spacial score (nSPS) is 19.3. The maximum Gasteiger partial charge on any atom is 0.274 e. The van der Waals surface area contributed by atoms with E-state index in [1.807, 2.05) is 36.1 Å². The first-order chi connectivity index (χ1) is 11.4. The maximum absolute atomic E-state index is 12.6. The highest BCUT2D eigenvalue weighted by molar-refractivity contribution is 7.20. The Morgan fingerprint density at radius 1 is 1.42 bits per heavy atom. The third-order valence-corrected chi connectivity index (χ3v) is 5.83. The lowest BCUT2D eigenvalue weighted by molar-refractivity contribution is -0.131. The molecule has 24 heavy (non-hydrogen) atoms. The van der Waals surface area contributed by atoms with Gasteiger partial charge in [-0.1, -0.05) is 50.3 Å². The molecule has 0 N–H and O–H groups in total. The summed E-state index contributed by atoms with van der Waals surface area (Å²) in [4.78, 5) is 18.9. The second kappa shape index (κ2) is 6.55. The van der Waals surface area contributed by atoms with Crippen molar-refractivity contribution in [3.05, 3.63) is 36.0 Å². The first-order valence-electron chi connectivity index (χ1n) is 8.41. The quantitative estimate of drug-likeness (QED) is 0.803. The molecule has 1 unspecified atom stereocenters. The van der Waals surface area contributed by atoms with Crippen molar-refractivity contribution in [1.29, 1.82) is 0 Å². The van der Waals surface area contributed by atoms with Gasteiger partial charge in [0.1, 0.15) is 0 Å². The number of hydrogen-bond donors (Lipinski definition) is 0. The molecule has 0 spiro atoms. The minimum absolute atomic E-state index is 0.00657. The van der Waals surface area contributed by atoms with Gasteiger partial charge in [-0.3, -0.25) is 4.79 Å². The van der Waals surface area contributed by atoms with Crippen LogP contribution < -0.4 is 4.74 Å². The van der Waals surface area contributed by atoms with Gasteiger partial charge in [-0.25, -0.2) is 4.98 Å². The highest BCUT2D eigenvalue weighted by Gasteiger charge is 2.34. The molecule has 2 aromatic rings. The van der Waals surface area contributed by atoms with Gasteiger partial charge in [0, 0.05) is 12.2 Å². The van der Waals surface area contributed by atoms with E-state index in [4.69, 9.17) is 4.74 Å². The van der Waals surface area contributed by atoms with E-state index in [2.05, 4.69) is 31.8 Å². The highest BCUT2D eigenvalue weighted by atomic mass is 32.1. The third kappa shape index (κ3) is 3.31. The van der Waals surface area contributed by atoms with Gasteiger partial charge < -0.3 is 9.64 Å². The van der Waals surface area contributed by atoms with Crippen LogP contribution in [0.15, 0.2) is 36.0 Å². The Morgan fingerprint density at radius 2 is 2.17 bits per heavy atom. The molecule has 1 atom stereocenters. The summed E-state index contributed by atoms with van der Waals surface area (Å²) in [6.45, 7) is 9.38. The zero-order chi connectivity index (χ0) is 17.3. The molecule has 3 rings (SSSR count). The number of carbonyl (C=O) groups is 1. The van der Waals surface area contributed by atoms with E-state index >= 15 is 0 Å². The van der Waals surface area contributed by atoms with E-state index in [-0.39, 0.29) is 17.9 Å². The average molecular weight is 344 g/mol. The maximum atomic E-state index is 12.6. The number of aromatic nitrogens is 1. The Kier molecular flexibility index (Phi) is 4.63. The molecule has 0 saturated heterocycles. The summed E-state index contributed by atoms with van der Waals surface area (Å²) in [6.07, 6.45) is 3.17. The molecule has 0 bridgehead atoms. The predicted octanol–water partition coefficient (Wildman–Crippen LogP) is 4.47. The third-order valence-electron chi connectivity index (χ3n) is 4.88. The van der Waals surface area contributed by atoms with Crippen LogP contribution in [0.25, 0.3) is 10.2 Å². The average Bonchev–Trinajstić information content (AvgIpc) is 3.06. The zero-order valence-electron chi connectivity index (χ0n) is 14.7. The molecular weight excluding hydrogens is 320 g/mol. The number of benzene rings is 1. The van der Waals surface area contributed by atoms with Crippen molar-refractivity contribution >= 4 is 27.5 Å². The first kappa shape index (κ1) is 17.0. The number of allylic oxidation sites excluding steroid dienone is 2. The lowest BCUT2D eigenvalue weighted by Gasteiger charge is -2.22. The van der Waals surface area contributed by atoms with Crippen LogP contribution in [-0.2, 0) is 4.79 Å². The molecule has 4 nitrogen and oxygen atoms in total. The molecule has 5 heteroatoms. The van der Waals surface area contributed by atoms with Crippen LogP contribution >= 0.6 is 11.3 Å². The van der Waals surface area contributed by atoms with Gasteiger partial charge in [-0.15, -0.1) is 0 Å². The van der Waals surface area contributed by atoms with Gasteiger partial charge in [-0.2, -0.15) is 0 Å². The first-order valence-corrected chi connectivity index (χ1v) is 9.23. The van der Waals surface area contributed by atoms with Gasteiger partial charge in [0.2, 0.25) is 0 Å².